The Kier molecular flexibility index (Phi) is 6.22. The largest absolute Gasteiger partial charge is 0.376 e. The molecular weight excluding hydrogens is 372 g/mol. The molecule has 1 aromatic heterocycles. The van der Waals surface area contributed by atoms with Gasteiger partial charge in [-0.3, -0.25) is 4.79 Å². The Morgan fingerprint density at radius 1 is 1.21 bits per heavy atom. The van der Waals surface area contributed by atoms with E-state index in [1.165, 1.54) is 32.1 Å². The van der Waals surface area contributed by atoms with Gasteiger partial charge in [0.15, 0.2) is 5.11 Å². The Balaban J connectivity index is 1.52. The van der Waals surface area contributed by atoms with Crippen molar-refractivity contribution in [3.8, 4) is 0 Å². The summed E-state index contributed by atoms with van der Waals surface area (Å²) in [5, 5.41) is 4.89. The zero-order valence-electron chi connectivity index (χ0n) is 16.2. The van der Waals surface area contributed by atoms with E-state index in [2.05, 4.69) is 20.2 Å². The molecule has 7 heteroatoms. The number of hydrogen-bond donors (Lipinski definition) is 2. The molecule has 0 radical (unpaired) electrons. The van der Waals surface area contributed by atoms with E-state index in [0.29, 0.717) is 29.3 Å². The van der Waals surface area contributed by atoms with Gasteiger partial charge in [0.2, 0.25) is 0 Å². The van der Waals surface area contributed by atoms with Crippen molar-refractivity contribution in [2.45, 2.75) is 63.6 Å². The molecule has 2 aliphatic rings. The van der Waals surface area contributed by atoms with Gasteiger partial charge < -0.3 is 19.9 Å². The summed E-state index contributed by atoms with van der Waals surface area (Å²) in [4.78, 5) is 22.1. The van der Waals surface area contributed by atoms with Crippen LogP contribution in [0.1, 0.15) is 50.8 Å². The van der Waals surface area contributed by atoms with E-state index in [-0.39, 0.29) is 11.7 Å². The van der Waals surface area contributed by atoms with Gasteiger partial charge in [-0.2, -0.15) is 0 Å². The van der Waals surface area contributed by atoms with Gasteiger partial charge in [0.1, 0.15) is 5.82 Å². The van der Waals surface area contributed by atoms with E-state index in [0.717, 1.165) is 31.1 Å². The van der Waals surface area contributed by atoms with E-state index in [1.807, 2.05) is 18.2 Å². The van der Waals surface area contributed by atoms with Crippen LogP contribution in [0.25, 0.3) is 10.9 Å². The second-order valence-corrected chi connectivity index (χ2v) is 8.22. The number of nitrogens with one attached hydrogen (secondary N) is 2. The highest BCUT2D eigenvalue weighted by Gasteiger charge is 2.24. The van der Waals surface area contributed by atoms with E-state index in [9.17, 15) is 4.79 Å². The third kappa shape index (κ3) is 4.70. The van der Waals surface area contributed by atoms with Crippen LogP contribution in [0.5, 0.6) is 0 Å². The minimum absolute atomic E-state index is 0.108. The maximum Gasteiger partial charge on any atom is 0.258 e. The van der Waals surface area contributed by atoms with Crippen LogP contribution in [0.4, 0.5) is 0 Å². The van der Waals surface area contributed by atoms with Crippen molar-refractivity contribution in [1.82, 2.24) is 20.2 Å². The molecule has 2 N–H and O–H groups in total. The molecule has 1 aromatic carbocycles. The minimum Gasteiger partial charge on any atom is -0.376 e. The fraction of sp³-hybridized carbons (Fsp3) is 0.571. The summed E-state index contributed by atoms with van der Waals surface area (Å²) in [6.45, 7) is 2.00. The number of ether oxygens (including phenoxy) is 1. The lowest BCUT2D eigenvalue weighted by Crippen LogP contribution is -2.47. The van der Waals surface area contributed by atoms with Crippen LogP contribution < -0.4 is 10.9 Å². The van der Waals surface area contributed by atoms with Crippen molar-refractivity contribution >= 4 is 28.2 Å². The number of hydrogen-bond acceptors (Lipinski definition) is 4. The Hall–Kier alpha value is -1.99. The van der Waals surface area contributed by atoms with Gasteiger partial charge >= 0.3 is 0 Å². The first-order chi connectivity index (χ1) is 13.7. The van der Waals surface area contributed by atoms with E-state index < -0.39 is 0 Å². The molecule has 1 atom stereocenters. The van der Waals surface area contributed by atoms with E-state index >= 15 is 0 Å². The molecular formula is C21H28N4O2S. The topological polar surface area (TPSA) is 70.2 Å². The maximum absolute atomic E-state index is 12.4. The first-order valence-corrected chi connectivity index (χ1v) is 10.7. The summed E-state index contributed by atoms with van der Waals surface area (Å²) in [5.74, 6) is 0.634. The third-order valence-corrected chi connectivity index (χ3v) is 6.05. The van der Waals surface area contributed by atoms with Crippen molar-refractivity contribution in [3.05, 3.63) is 40.4 Å². The summed E-state index contributed by atoms with van der Waals surface area (Å²) >= 11 is 5.76. The van der Waals surface area contributed by atoms with Crippen LogP contribution in [0.15, 0.2) is 29.1 Å². The SMILES string of the molecule is O=c1[nH]c(CN(C[C@H]2CCCO2)C(=S)NC2CCCCC2)nc2ccccc12. The van der Waals surface area contributed by atoms with Crippen molar-refractivity contribution < 1.29 is 4.74 Å². The lowest BCUT2D eigenvalue weighted by atomic mass is 9.96. The first kappa shape index (κ1) is 19.3. The fourth-order valence-corrected chi connectivity index (χ4v) is 4.46. The molecule has 1 saturated heterocycles. The molecule has 2 aromatic rings. The predicted molar refractivity (Wildman–Crippen MR) is 114 cm³/mol. The first-order valence-electron chi connectivity index (χ1n) is 10.3. The van der Waals surface area contributed by atoms with Crippen LogP contribution in [-0.4, -0.2) is 45.3 Å². The monoisotopic (exact) mass is 400 g/mol. The second-order valence-electron chi connectivity index (χ2n) is 7.83. The van der Waals surface area contributed by atoms with Gasteiger partial charge in [-0.15, -0.1) is 0 Å². The van der Waals surface area contributed by atoms with Gasteiger partial charge in [0.05, 0.1) is 23.6 Å². The van der Waals surface area contributed by atoms with Crippen molar-refractivity contribution in [2.75, 3.05) is 13.2 Å². The van der Waals surface area contributed by atoms with Gasteiger partial charge in [-0.1, -0.05) is 31.4 Å². The number of fused-ring (bicyclic) bond motifs is 1. The van der Waals surface area contributed by atoms with Crippen LogP contribution in [-0.2, 0) is 11.3 Å². The number of nitrogens with zero attached hydrogens (tertiary/aromatic N) is 2. The number of aromatic amines is 1. The number of thiocarbonyl (C=S) groups is 1. The molecule has 150 valence electrons. The number of aromatic nitrogens is 2. The summed E-state index contributed by atoms with van der Waals surface area (Å²) in [7, 11) is 0. The molecule has 28 heavy (non-hydrogen) atoms. The standard InChI is InChI=1S/C21H28N4O2S/c26-20-17-10-4-5-11-18(17)23-19(24-20)14-25(13-16-9-6-12-27-16)21(28)22-15-7-2-1-3-8-15/h4-5,10-11,15-16H,1-3,6-9,12-14H2,(H,22,28)(H,23,24,26)/t16-/m1/s1. The minimum atomic E-state index is -0.108. The zero-order chi connectivity index (χ0) is 19.3. The van der Waals surface area contributed by atoms with Crippen molar-refractivity contribution in [2.24, 2.45) is 0 Å². The zero-order valence-corrected chi connectivity index (χ0v) is 17.0. The summed E-state index contributed by atoms with van der Waals surface area (Å²) in [6, 6.07) is 7.86. The average Bonchev–Trinajstić information content (AvgIpc) is 3.21. The summed E-state index contributed by atoms with van der Waals surface area (Å²) in [5.41, 5.74) is 0.605. The van der Waals surface area contributed by atoms with Gasteiger partial charge in [-0.05, 0) is 50.0 Å². The van der Waals surface area contributed by atoms with E-state index in [4.69, 9.17) is 17.0 Å². The van der Waals surface area contributed by atoms with Crippen LogP contribution in [0, 0.1) is 0 Å². The van der Waals surface area contributed by atoms with Gasteiger partial charge in [0, 0.05) is 19.2 Å². The third-order valence-electron chi connectivity index (χ3n) is 5.67. The molecule has 0 spiro atoms. The second kappa shape index (κ2) is 9.01. The smallest absolute Gasteiger partial charge is 0.258 e. The Labute approximate surface area is 170 Å². The Morgan fingerprint density at radius 2 is 2.04 bits per heavy atom. The molecule has 1 saturated carbocycles. The molecule has 6 nitrogen and oxygen atoms in total. The quantitative estimate of drug-likeness (QED) is 0.752. The molecule has 0 amide bonds. The normalized spacial score (nSPS) is 20.4. The van der Waals surface area contributed by atoms with Gasteiger partial charge in [0.25, 0.3) is 5.56 Å². The van der Waals surface area contributed by atoms with Gasteiger partial charge in [-0.25, -0.2) is 4.98 Å². The number of para-hydroxylation sites is 1. The predicted octanol–water partition coefficient (Wildman–Crippen LogP) is 3.11. The lowest BCUT2D eigenvalue weighted by Gasteiger charge is -2.32. The molecule has 2 heterocycles. The lowest BCUT2D eigenvalue weighted by molar-refractivity contribution is 0.0890. The number of benzene rings is 1. The maximum atomic E-state index is 12.4. The van der Waals surface area contributed by atoms with Crippen LogP contribution in [0.3, 0.4) is 0 Å². The van der Waals surface area contributed by atoms with Crippen LogP contribution in [0.2, 0.25) is 0 Å². The summed E-state index contributed by atoms with van der Waals surface area (Å²) < 4.78 is 5.83. The van der Waals surface area contributed by atoms with E-state index in [1.54, 1.807) is 6.07 Å². The highest BCUT2D eigenvalue weighted by atomic mass is 32.1. The summed E-state index contributed by atoms with van der Waals surface area (Å²) in [6.07, 6.45) is 8.47. The molecule has 1 aliphatic carbocycles. The molecule has 0 unspecified atom stereocenters. The molecule has 4 rings (SSSR count). The van der Waals surface area contributed by atoms with Crippen molar-refractivity contribution in [3.63, 3.8) is 0 Å². The molecule has 0 bridgehead atoms. The Morgan fingerprint density at radius 3 is 2.82 bits per heavy atom. The fourth-order valence-electron chi connectivity index (χ4n) is 4.16. The number of rotatable bonds is 5. The Bertz CT molecular complexity index is 872. The highest BCUT2D eigenvalue weighted by Crippen LogP contribution is 2.19. The number of H-pyrrole nitrogens is 1. The van der Waals surface area contributed by atoms with Crippen molar-refractivity contribution in [1.29, 1.82) is 0 Å². The molecule has 2 fully saturated rings. The average molecular weight is 401 g/mol. The molecule has 1 aliphatic heterocycles. The van der Waals surface area contributed by atoms with Crippen LogP contribution >= 0.6 is 12.2 Å². The highest BCUT2D eigenvalue weighted by molar-refractivity contribution is 7.80.